The first-order valence-electron chi connectivity index (χ1n) is 3.49. The molecule has 0 saturated heterocycles. The van der Waals surface area contributed by atoms with Crippen LogP contribution in [0.4, 0.5) is 0 Å². The molecule has 1 aromatic rings. The third-order valence-corrected chi connectivity index (χ3v) is 1.46. The number of quaternary nitrogens is 1. The highest BCUT2D eigenvalue weighted by Gasteiger charge is 1.89. The molecule has 0 aromatic heterocycles. The summed E-state index contributed by atoms with van der Waals surface area (Å²) in [4.78, 5) is 0. The summed E-state index contributed by atoms with van der Waals surface area (Å²) >= 11 is 0. The smallest absolute Gasteiger partial charge is 0.0773 e. The number of hydrogen-bond acceptors (Lipinski definition) is 0. The highest BCUT2D eigenvalue weighted by atomic mass is 14.8. The Hall–Kier alpha value is -0.820. The Morgan fingerprint density at radius 3 is 2.90 bits per heavy atom. The molecule has 1 aromatic carbocycles. The molecule has 1 nitrogen and oxygen atoms in total. The van der Waals surface area contributed by atoms with E-state index in [1.54, 1.807) is 0 Å². The number of hydrogen-bond donors (Lipinski definition) is 1. The van der Waals surface area contributed by atoms with E-state index in [1.165, 1.54) is 11.1 Å². The van der Waals surface area contributed by atoms with Crippen molar-refractivity contribution < 1.29 is 5.32 Å². The summed E-state index contributed by atoms with van der Waals surface area (Å²) in [6.45, 7) is 3.08. The zero-order chi connectivity index (χ0) is 7.40. The molecule has 0 amide bonds. The average molecular weight is 135 g/mol. The van der Waals surface area contributed by atoms with Crippen molar-refractivity contribution in [3.63, 3.8) is 0 Å². The van der Waals surface area contributed by atoms with Crippen molar-refractivity contribution in [2.75, 3.05) is 0 Å². The first-order chi connectivity index (χ1) is 4.83. The maximum atomic E-state index is 3.69. The van der Waals surface area contributed by atoms with Crippen LogP contribution in [-0.2, 0) is 6.54 Å². The predicted molar refractivity (Wildman–Crippen MR) is 42.2 cm³/mol. The summed E-state index contributed by atoms with van der Waals surface area (Å²) in [6, 6.07) is 8.48. The molecule has 0 unspecified atom stereocenters. The molecule has 0 heterocycles. The molecular weight excluding hydrogens is 122 g/mol. The van der Waals surface area contributed by atoms with Crippen molar-refractivity contribution in [1.82, 2.24) is 0 Å². The number of aryl methyl sites for hydroxylation is 1. The van der Waals surface area contributed by atoms with Gasteiger partial charge in [0.25, 0.3) is 0 Å². The first kappa shape index (κ1) is 7.29. The lowest BCUT2D eigenvalue weighted by Crippen LogP contribution is -2.74. The molecule has 0 aliphatic rings. The van der Waals surface area contributed by atoms with E-state index in [0.29, 0.717) is 0 Å². The normalized spacial score (nSPS) is 9.80. The van der Waals surface area contributed by atoms with Crippen LogP contribution in [0.25, 0.3) is 0 Å². The Bertz CT molecular complexity index is 206. The van der Waals surface area contributed by atoms with Gasteiger partial charge in [-0.05, 0) is 6.92 Å². The zero-order valence-electron chi connectivity index (χ0n) is 6.30. The fourth-order valence-electron chi connectivity index (χ4n) is 1.01. The SMILES string of the molecule is [CH2-][NH2+]Cc1cccc(C)c1. The summed E-state index contributed by atoms with van der Waals surface area (Å²) in [5.41, 5.74) is 2.66. The highest BCUT2D eigenvalue weighted by Crippen LogP contribution is 2.01. The van der Waals surface area contributed by atoms with Gasteiger partial charge in [-0.2, -0.15) is 7.05 Å². The van der Waals surface area contributed by atoms with E-state index in [0.717, 1.165) is 6.54 Å². The van der Waals surface area contributed by atoms with Gasteiger partial charge < -0.3 is 5.32 Å². The van der Waals surface area contributed by atoms with E-state index >= 15 is 0 Å². The second-order valence-electron chi connectivity index (χ2n) is 2.48. The molecule has 0 saturated carbocycles. The number of benzene rings is 1. The van der Waals surface area contributed by atoms with E-state index in [-0.39, 0.29) is 0 Å². The van der Waals surface area contributed by atoms with Gasteiger partial charge in [-0.1, -0.05) is 29.8 Å². The van der Waals surface area contributed by atoms with Crippen molar-refractivity contribution in [2.24, 2.45) is 0 Å². The van der Waals surface area contributed by atoms with Gasteiger partial charge in [0.1, 0.15) is 0 Å². The summed E-state index contributed by atoms with van der Waals surface area (Å²) in [6.07, 6.45) is 0. The third-order valence-electron chi connectivity index (χ3n) is 1.46. The molecule has 1 heteroatoms. The van der Waals surface area contributed by atoms with Crippen LogP contribution in [0, 0.1) is 14.0 Å². The molecule has 0 aliphatic heterocycles. The Morgan fingerprint density at radius 1 is 1.50 bits per heavy atom. The minimum absolute atomic E-state index is 0.974. The standard InChI is InChI=1S/C9H13N/c1-8-4-3-5-9(6-8)7-10-2/h3-6H,2,7,10H2,1H3. The second kappa shape index (κ2) is 3.37. The fraction of sp³-hybridized carbons (Fsp3) is 0.222. The van der Waals surface area contributed by atoms with Crippen LogP contribution >= 0.6 is 0 Å². The van der Waals surface area contributed by atoms with Crippen LogP contribution in [0.3, 0.4) is 0 Å². The van der Waals surface area contributed by atoms with Gasteiger partial charge in [-0.3, -0.25) is 0 Å². The van der Waals surface area contributed by atoms with Crippen molar-refractivity contribution in [2.45, 2.75) is 13.5 Å². The van der Waals surface area contributed by atoms with Crippen LogP contribution in [0.15, 0.2) is 24.3 Å². The third kappa shape index (κ3) is 1.85. The van der Waals surface area contributed by atoms with Crippen LogP contribution in [0.2, 0.25) is 0 Å². The summed E-state index contributed by atoms with van der Waals surface area (Å²) in [5.74, 6) is 0. The second-order valence-corrected chi connectivity index (χ2v) is 2.48. The predicted octanol–water partition coefficient (Wildman–Crippen LogP) is 0.850. The molecule has 0 bridgehead atoms. The number of nitrogens with two attached hydrogens (primary N) is 1. The average Bonchev–Trinajstić information content (AvgIpc) is 1.88. The van der Waals surface area contributed by atoms with E-state index in [9.17, 15) is 0 Å². The largest absolute Gasteiger partial charge is 0.475 e. The van der Waals surface area contributed by atoms with E-state index in [4.69, 9.17) is 0 Å². The van der Waals surface area contributed by atoms with E-state index < -0.39 is 0 Å². The highest BCUT2D eigenvalue weighted by molar-refractivity contribution is 5.21. The quantitative estimate of drug-likeness (QED) is 0.579. The maximum Gasteiger partial charge on any atom is 0.0773 e. The van der Waals surface area contributed by atoms with Crippen LogP contribution in [-0.4, -0.2) is 0 Å². The van der Waals surface area contributed by atoms with Crippen molar-refractivity contribution >= 4 is 0 Å². The summed E-state index contributed by atoms with van der Waals surface area (Å²) < 4.78 is 0. The van der Waals surface area contributed by atoms with E-state index in [2.05, 4.69) is 38.2 Å². The van der Waals surface area contributed by atoms with Crippen molar-refractivity contribution in [1.29, 1.82) is 0 Å². The fourth-order valence-corrected chi connectivity index (χ4v) is 1.01. The van der Waals surface area contributed by atoms with Gasteiger partial charge in [0.15, 0.2) is 0 Å². The monoisotopic (exact) mass is 135 g/mol. The first-order valence-corrected chi connectivity index (χ1v) is 3.49. The molecule has 0 fully saturated rings. The molecule has 0 atom stereocenters. The minimum atomic E-state index is 0.974. The van der Waals surface area contributed by atoms with Gasteiger partial charge in [0.05, 0.1) is 6.54 Å². The summed E-state index contributed by atoms with van der Waals surface area (Å²) in [5, 5.41) is 1.93. The van der Waals surface area contributed by atoms with Crippen LogP contribution in [0.1, 0.15) is 11.1 Å². The Kier molecular flexibility index (Phi) is 2.46. The minimum Gasteiger partial charge on any atom is -0.475 e. The topological polar surface area (TPSA) is 16.6 Å². The van der Waals surface area contributed by atoms with E-state index in [1.807, 2.05) is 5.32 Å². The Morgan fingerprint density at radius 2 is 2.30 bits per heavy atom. The lowest BCUT2D eigenvalue weighted by Gasteiger charge is -2.00. The molecule has 0 radical (unpaired) electrons. The molecule has 54 valence electrons. The maximum absolute atomic E-state index is 3.69. The van der Waals surface area contributed by atoms with Gasteiger partial charge in [0, 0.05) is 5.56 Å². The molecule has 0 aliphatic carbocycles. The van der Waals surface area contributed by atoms with Crippen LogP contribution in [0.5, 0.6) is 0 Å². The Balaban J connectivity index is 2.75. The van der Waals surface area contributed by atoms with Gasteiger partial charge in [-0.25, -0.2) is 0 Å². The Labute approximate surface area is 62.1 Å². The van der Waals surface area contributed by atoms with Gasteiger partial charge in [-0.15, -0.1) is 0 Å². The number of rotatable bonds is 2. The molecule has 0 spiro atoms. The molecule has 2 N–H and O–H groups in total. The lowest BCUT2D eigenvalue weighted by atomic mass is 10.1. The van der Waals surface area contributed by atoms with Crippen LogP contribution < -0.4 is 5.32 Å². The van der Waals surface area contributed by atoms with Crippen molar-refractivity contribution in [3.05, 3.63) is 42.4 Å². The zero-order valence-corrected chi connectivity index (χ0v) is 6.30. The van der Waals surface area contributed by atoms with Gasteiger partial charge >= 0.3 is 0 Å². The molecule has 1 rings (SSSR count). The van der Waals surface area contributed by atoms with Crippen molar-refractivity contribution in [3.8, 4) is 0 Å². The molecular formula is C9H13N. The van der Waals surface area contributed by atoms with Gasteiger partial charge in [0.2, 0.25) is 0 Å². The molecule has 10 heavy (non-hydrogen) atoms. The lowest BCUT2D eigenvalue weighted by molar-refractivity contribution is -0.612. The summed E-state index contributed by atoms with van der Waals surface area (Å²) in [7, 11) is 3.69.